The van der Waals surface area contributed by atoms with E-state index in [0.717, 1.165) is 16.9 Å². The number of sulfonamides is 1. The molecule has 0 aliphatic heterocycles. The molecule has 4 nitrogen and oxygen atoms in total. The molecule has 7 heteroatoms. The molecular formula is C14H13ClN2O2S2. The molecule has 0 saturated carbocycles. The van der Waals surface area contributed by atoms with E-state index in [1.807, 2.05) is 24.4 Å². The van der Waals surface area contributed by atoms with Crippen LogP contribution in [0.2, 0.25) is 5.02 Å². The van der Waals surface area contributed by atoms with Crippen LogP contribution in [0.3, 0.4) is 0 Å². The monoisotopic (exact) mass is 340 g/mol. The van der Waals surface area contributed by atoms with Crippen molar-refractivity contribution in [2.45, 2.75) is 24.8 Å². The van der Waals surface area contributed by atoms with E-state index in [1.165, 1.54) is 29.5 Å². The third-order valence-corrected chi connectivity index (χ3v) is 5.69. The minimum atomic E-state index is -3.65. The van der Waals surface area contributed by atoms with Crippen molar-refractivity contribution in [1.29, 1.82) is 5.26 Å². The van der Waals surface area contributed by atoms with Crippen molar-refractivity contribution >= 4 is 33.0 Å². The van der Waals surface area contributed by atoms with Gasteiger partial charge >= 0.3 is 0 Å². The molecule has 0 aliphatic carbocycles. The lowest BCUT2D eigenvalue weighted by atomic mass is 10.2. The first kappa shape index (κ1) is 16.0. The van der Waals surface area contributed by atoms with Crippen LogP contribution in [0, 0.1) is 11.3 Å². The largest absolute Gasteiger partial charge is 0.240 e. The number of rotatable bonds is 5. The number of hydrogen-bond acceptors (Lipinski definition) is 4. The molecule has 0 spiro atoms. The van der Waals surface area contributed by atoms with E-state index >= 15 is 0 Å². The first-order valence-corrected chi connectivity index (χ1v) is 8.96. The Kier molecular flexibility index (Phi) is 5.01. The van der Waals surface area contributed by atoms with Gasteiger partial charge in [-0.2, -0.15) is 5.26 Å². The third-order valence-electron chi connectivity index (χ3n) is 3.01. The first-order valence-electron chi connectivity index (χ1n) is 6.22. The lowest BCUT2D eigenvalue weighted by Gasteiger charge is -2.08. The average molecular weight is 341 g/mol. The number of nitrogens with one attached hydrogen (secondary N) is 1. The molecule has 0 atom stereocenters. The number of hydrogen-bond donors (Lipinski definition) is 1. The molecule has 2 aromatic rings. The van der Waals surface area contributed by atoms with Gasteiger partial charge < -0.3 is 0 Å². The Morgan fingerprint density at radius 2 is 2.14 bits per heavy atom. The highest BCUT2D eigenvalue weighted by Crippen LogP contribution is 2.21. The van der Waals surface area contributed by atoms with E-state index in [9.17, 15) is 8.42 Å². The number of nitrogens with zero attached hydrogens (tertiary/aromatic N) is 1. The molecule has 0 aliphatic rings. The second kappa shape index (κ2) is 6.58. The molecule has 1 aromatic carbocycles. The molecule has 1 aromatic heterocycles. The summed E-state index contributed by atoms with van der Waals surface area (Å²) in [6, 6.07) is 7.96. The van der Waals surface area contributed by atoms with Crippen LogP contribution in [-0.2, 0) is 23.0 Å². The minimum absolute atomic E-state index is 0.0566. The predicted octanol–water partition coefficient (Wildman–Crippen LogP) is 3.31. The van der Waals surface area contributed by atoms with Crippen LogP contribution < -0.4 is 4.72 Å². The van der Waals surface area contributed by atoms with Gasteiger partial charge in [-0.15, -0.1) is 11.3 Å². The van der Waals surface area contributed by atoms with Gasteiger partial charge in [-0.05, 0) is 41.6 Å². The molecule has 2 rings (SSSR count). The third kappa shape index (κ3) is 3.63. The van der Waals surface area contributed by atoms with Gasteiger partial charge in [-0.25, -0.2) is 13.1 Å². The summed E-state index contributed by atoms with van der Waals surface area (Å²) < 4.78 is 27.0. The van der Waals surface area contributed by atoms with Crippen molar-refractivity contribution in [3.8, 4) is 6.07 Å². The fraction of sp³-hybridized carbons (Fsp3) is 0.214. The summed E-state index contributed by atoms with van der Waals surface area (Å²) >= 11 is 7.39. The molecule has 0 amide bonds. The normalized spacial score (nSPS) is 11.3. The summed E-state index contributed by atoms with van der Waals surface area (Å²) in [6.07, 6.45) is 0.864. The Bertz CT molecular complexity index is 792. The van der Waals surface area contributed by atoms with Crippen molar-refractivity contribution < 1.29 is 8.42 Å². The van der Waals surface area contributed by atoms with Crippen LogP contribution in [0.15, 0.2) is 34.5 Å². The molecule has 110 valence electrons. The number of nitriles is 1. The Morgan fingerprint density at radius 1 is 1.38 bits per heavy atom. The number of aryl methyl sites for hydroxylation is 1. The summed E-state index contributed by atoms with van der Waals surface area (Å²) in [5.74, 6) is 0. The summed E-state index contributed by atoms with van der Waals surface area (Å²) in [6.45, 7) is 2.28. The van der Waals surface area contributed by atoms with Crippen molar-refractivity contribution in [2.24, 2.45) is 0 Å². The molecule has 1 N–H and O–H groups in total. The van der Waals surface area contributed by atoms with Crippen LogP contribution >= 0.6 is 22.9 Å². The lowest BCUT2D eigenvalue weighted by molar-refractivity contribution is 0.581. The topological polar surface area (TPSA) is 70.0 Å². The molecule has 0 radical (unpaired) electrons. The van der Waals surface area contributed by atoms with Gasteiger partial charge in [-0.1, -0.05) is 18.5 Å². The van der Waals surface area contributed by atoms with Crippen LogP contribution in [0.1, 0.15) is 22.9 Å². The molecule has 0 saturated heterocycles. The number of thiophene rings is 1. The van der Waals surface area contributed by atoms with Crippen molar-refractivity contribution in [3.05, 3.63) is 50.7 Å². The highest BCUT2D eigenvalue weighted by molar-refractivity contribution is 7.89. The fourth-order valence-corrected chi connectivity index (χ4v) is 4.15. The van der Waals surface area contributed by atoms with E-state index in [4.69, 9.17) is 16.9 Å². The van der Waals surface area contributed by atoms with Crippen molar-refractivity contribution in [1.82, 2.24) is 4.72 Å². The number of benzene rings is 1. The zero-order valence-electron chi connectivity index (χ0n) is 11.3. The number of halogens is 1. The van der Waals surface area contributed by atoms with Gasteiger partial charge in [0, 0.05) is 11.4 Å². The molecular weight excluding hydrogens is 328 g/mol. The highest BCUT2D eigenvalue weighted by atomic mass is 35.5. The zero-order valence-corrected chi connectivity index (χ0v) is 13.6. The molecule has 21 heavy (non-hydrogen) atoms. The summed E-state index contributed by atoms with van der Waals surface area (Å²) in [4.78, 5) is 1.06. The van der Waals surface area contributed by atoms with E-state index in [-0.39, 0.29) is 22.0 Å². The second-order valence-electron chi connectivity index (χ2n) is 4.30. The van der Waals surface area contributed by atoms with Crippen molar-refractivity contribution in [2.75, 3.05) is 0 Å². The second-order valence-corrected chi connectivity index (χ2v) is 7.48. The SMILES string of the molecule is CCc1ccsc1CNS(=O)(=O)c1ccc(C#N)c(Cl)c1. The highest BCUT2D eigenvalue weighted by Gasteiger charge is 2.16. The minimum Gasteiger partial charge on any atom is -0.207 e. The smallest absolute Gasteiger partial charge is 0.207 e. The molecule has 0 bridgehead atoms. The maximum atomic E-state index is 12.2. The van der Waals surface area contributed by atoms with Crippen LogP contribution in [-0.4, -0.2) is 8.42 Å². The Balaban J connectivity index is 2.19. The van der Waals surface area contributed by atoms with Gasteiger partial charge in [0.05, 0.1) is 15.5 Å². The summed E-state index contributed by atoms with van der Waals surface area (Å²) in [5.41, 5.74) is 1.39. The zero-order chi connectivity index (χ0) is 15.5. The van der Waals surface area contributed by atoms with Crippen LogP contribution in [0.5, 0.6) is 0 Å². The van der Waals surface area contributed by atoms with Gasteiger partial charge in [0.15, 0.2) is 0 Å². The molecule has 1 heterocycles. The maximum absolute atomic E-state index is 12.2. The summed E-state index contributed by atoms with van der Waals surface area (Å²) in [7, 11) is -3.65. The van der Waals surface area contributed by atoms with E-state index < -0.39 is 10.0 Å². The molecule has 0 unspecified atom stereocenters. The Morgan fingerprint density at radius 3 is 2.76 bits per heavy atom. The predicted molar refractivity (Wildman–Crippen MR) is 83.9 cm³/mol. The lowest BCUT2D eigenvalue weighted by Crippen LogP contribution is -2.23. The molecule has 0 fully saturated rings. The maximum Gasteiger partial charge on any atom is 0.240 e. The van der Waals surface area contributed by atoms with E-state index in [1.54, 1.807) is 0 Å². The van der Waals surface area contributed by atoms with Crippen molar-refractivity contribution in [3.63, 3.8) is 0 Å². The first-order chi connectivity index (χ1) is 9.97. The van der Waals surface area contributed by atoms with Crippen LogP contribution in [0.4, 0.5) is 0 Å². The average Bonchev–Trinajstić information content (AvgIpc) is 2.92. The van der Waals surface area contributed by atoms with Crippen LogP contribution in [0.25, 0.3) is 0 Å². The quantitative estimate of drug-likeness (QED) is 0.907. The summed E-state index contributed by atoms with van der Waals surface area (Å²) in [5, 5.41) is 10.9. The Hall–Kier alpha value is -1.39. The van der Waals surface area contributed by atoms with Gasteiger partial charge in [0.2, 0.25) is 10.0 Å². The van der Waals surface area contributed by atoms with E-state index in [0.29, 0.717) is 0 Å². The van der Waals surface area contributed by atoms with Gasteiger partial charge in [0.1, 0.15) is 6.07 Å². The van der Waals surface area contributed by atoms with Gasteiger partial charge in [-0.3, -0.25) is 0 Å². The fourth-order valence-electron chi connectivity index (χ4n) is 1.83. The standard InChI is InChI=1S/C14H13ClN2O2S2/c1-2-10-5-6-20-14(10)9-17-21(18,19)12-4-3-11(8-16)13(15)7-12/h3-7,17H,2,9H2,1H3. The van der Waals surface area contributed by atoms with E-state index in [2.05, 4.69) is 4.72 Å². The van der Waals surface area contributed by atoms with Gasteiger partial charge in [0.25, 0.3) is 0 Å². The Labute approximate surface area is 133 Å².